The second-order valence-corrected chi connectivity index (χ2v) is 6.35. The minimum Gasteiger partial charge on any atom is -0.468 e. The lowest BCUT2D eigenvalue weighted by Gasteiger charge is -2.31. The molecule has 0 N–H and O–H groups in total. The number of esters is 4. The molecule has 0 fully saturated rings. The van der Waals surface area contributed by atoms with Crippen LogP contribution in [-0.2, 0) is 42.9 Å². The van der Waals surface area contributed by atoms with Gasteiger partial charge in [0.05, 0.1) is 28.4 Å². The van der Waals surface area contributed by atoms with Crippen molar-refractivity contribution in [2.75, 3.05) is 28.4 Å². The smallest absolute Gasteiger partial charge is 0.322 e. The molecule has 0 atom stereocenters. The third kappa shape index (κ3) is 4.80. The van der Waals surface area contributed by atoms with Gasteiger partial charge in [0.15, 0.2) is 10.8 Å². The Balaban J connectivity index is 5.95. The highest BCUT2D eigenvalue weighted by molar-refractivity contribution is 6.01. The molecule has 0 aromatic rings. The van der Waals surface area contributed by atoms with Gasteiger partial charge in [-0.3, -0.25) is 24.0 Å². The molecule has 0 saturated heterocycles. The van der Waals surface area contributed by atoms with Gasteiger partial charge in [-0.1, -0.05) is 0 Å². The van der Waals surface area contributed by atoms with Crippen molar-refractivity contribution >= 4 is 29.7 Å². The van der Waals surface area contributed by atoms with Crippen molar-refractivity contribution < 1.29 is 42.9 Å². The van der Waals surface area contributed by atoms with Crippen molar-refractivity contribution in [2.45, 2.75) is 33.6 Å². The van der Waals surface area contributed by atoms with Crippen molar-refractivity contribution in [2.24, 2.45) is 16.7 Å². The molecule has 0 saturated carbocycles. The topological polar surface area (TPSA) is 122 Å². The average Bonchev–Trinajstić information content (AvgIpc) is 2.63. The van der Waals surface area contributed by atoms with Gasteiger partial charge >= 0.3 is 23.9 Å². The molecule has 26 heavy (non-hydrogen) atoms. The van der Waals surface area contributed by atoms with Crippen LogP contribution in [0.25, 0.3) is 0 Å². The van der Waals surface area contributed by atoms with Crippen molar-refractivity contribution in [1.29, 1.82) is 0 Å². The summed E-state index contributed by atoms with van der Waals surface area (Å²) in [6.07, 6.45) is -0.628. The lowest BCUT2D eigenvalue weighted by Crippen LogP contribution is -2.45. The van der Waals surface area contributed by atoms with Crippen LogP contribution in [0.3, 0.4) is 0 Å². The number of Topliss-reactive ketones (excluding diaryl/α,β-unsaturated/α-hetero) is 1. The minimum atomic E-state index is -1.78. The van der Waals surface area contributed by atoms with Gasteiger partial charge in [-0.25, -0.2) is 0 Å². The zero-order valence-electron chi connectivity index (χ0n) is 16.2. The molecular weight excluding hydrogens is 348 g/mol. The Morgan fingerprint density at radius 1 is 0.654 bits per heavy atom. The van der Waals surface area contributed by atoms with Crippen molar-refractivity contribution in [3.63, 3.8) is 0 Å². The van der Waals surface area contributed by atoms with Crippen LogP contribution in [0, 0.1) is 16.7 Å². The Kier molecular flexibility index (Phi) is 8.43. The summed E-state index contributed by atoms with van der Waals surface area (Å²) in [5.74, 6) is -5.02. The average molecular weight is 374 g/mol. The summed E-state index contributed by atoms with van der Waals surface area (Å²) in [6.45, 7) is 3.77. The summed E-state index contributed by atoms with van der Waals surface area (Å²) in [5.41, 5.74) is -3.57. The Labute approximate surface area is 152 Å². The van der Waals surface area contributed by atoms with Crippen LogP contribution < -0.4 is 0 Å². The van der Waals surface area contributed by atoms with Crippen LogP contribution in [0.2, 0.25) is 0 Å². The van der Waals surface area contributed by atoms with Crippen molar-refractivity contribution in [3.05, 3.63) is 0 Å². The van der Waals surface area contributed by atoms with E-state index in [4.69, 9.17) is 0 Å². The van der Waals surface area contributed by atoms with Gasteiger partial charge in [0.2, 0.25) is 0 Å². The van der Waals surface area contributed by atoms with Gasteiger partial charge in [-0.15, -0.1) is 0 Å². The van der Waals surface area contributed by atoms with Gasteiger partial charge in [-0.2, -0.15) is 0 Å². The highest BCUT2D eigenvalue weighted by atomic mass is 16.6. The summed E-state index contributed by atoms with van der Waals surface area (Å²) in [7, 11) is 4.39. The number of rotatable bonds is 9. The van der Waals surface area contributed by atoms with Gasteiger partial charge in [0.25, 0.3) is 0 Å². The molecule has 0 amide bonds. The van der Waals surface area contributed by atoms with E-state index >= 15 is 0 Å². The zero-order valence-corrected chi connectivity index (χ0v) is 16.2. The van der Waals surface area contributed by atoms with Crippen LogP contribution in [-0.4, -0.2) is 58.1 Å². The van der Waals surface area contributed by atoms with Crippen LogP contribution in [0.15, 0.2) is 0 Å². The standard InChI is InChI=1S/C17H26O9/c1-10(18)11(8-16(2,12(19)23-4)13(20)24-5)9-17(3,14(21)25-6)15(22)26-7/h11H,8-9H2,1-7H3. The fourth-order valence-corrected chi connectivity index (χ4v) is 2.75. The van der Waals surface area contributed by atoms with E-state index in [1.807, 2.05) is 0 Å². The number of carbonyl (C=O) groups is 5. The molecule has 9 nitrogen and oxygen atoms in total. The predicted molar refractivity (Wildman–Crippen MR) is 87.7 cm³/mol. The minimum absolute atomic E-state index is 0.314. The highest BCUT2D eigenvalue weighted by Crippen LogP contribution is 2.37. The highest BCUT2D eigenvalue weighted by Gasteiger charge is 2.51. The summed E-state index contributed by atoms with van der Waals surface area (Å²) in [5, 5.41) is 0. The lowest BCUT2D eigenvalue weighted by atomic mass is 9.72. The van der Waals surface area contributed by atoms with Crippen LogP contribution >= 0.6 is 0 Å². The molecule has 0 aliphatic heterocycles. The second kappa shape index (κ2) is 9.30. The Bertz CT molecular complexity index is 503. The van der Waals surface area contributed by atoms with E-state index in [0.29, 0.717) is 0 Å². The summed E-state index contributed by atoms with van der Waals surface area (Å²) >= 11 is 0. The molecule has 0 radical (unpaired) electrons. The van der Waals surface area contributed by atoms with Gasteiger partial charge in [-0.05, 0) is 33.6 Å². The number of carbonyl (C=O) groups excluding carboxylic acids is 5. The molecule has 148 valence electrons. The Morgan fingerprint density at radius 2 is 0.885 bits per heavy atom. The van der Waals surface area contributed by atoms with E-state index in [-0.39, 0.29) is 12.8 Å². The Morgan fingerprint density at radius 3 is 1.04 bits per heavy atom. The third-order valence-electron chi connectivity index (χ3n) is 4.43. The molecule has 0 rings (SSSR count). The maximum absolute atomic E-state index is 12.1. The second-order valence-electron chi connectivity index (χ2n) is 6.35. The normalized spacial score (nSPS) is 11.5. The molecule has 9 heteroatoms. The number of ketones is 1. The monoisotopic (exact) mass is 374 g/mol. The van der Waals surface area contributed by atoms with Gasteiger partial charge in [0, 0.05) is 5.92 Å². The van der Waals surface area contributed by atoms with Gasteiger partial charge in [0.1, 0.15) is 5.78 Å². The molecule has 0 aliphatic carbocycles. The van der Waals surface area contributed by atoms with E-state index in [0.717, 1.165) is 28.4 Å². The molecule has 0 aromatic heterocycles. The first-order chi connectivity index (χ1) is 11.9. The van der Waals surface area contributed by atoms with Crippen molar-refractivity contribution in [3.8, 4) is 0 Å². The molecule has 0 aromatic carbocycles. The molecule has 0 unspecified atom stereocenters. The first-order valence-corrected chi connectivity index (χ1v) is 7.78. The largest absolute Gasteiger partial charge is 0.468 e. The summed E-state index contributed by atoms with van der Waals surface area (Å²) in [6, 6.07) is 0. The van der Waals surface area contributed by atoms with Crippen molar-refractivity contribution in [1.82, 2.24) is 0 Å². The maximum Gasteiger partial charge on any atom is 0.322 e. The van der Waals surface area contributed by atoms with Crippen LogP contribution in [0.4, 0.5) is 0 Å². The number of hydrogen-bond donors (Lipinski definition) is 0. The number of hydrogen-bond acceptors (Lipinski definition) is 9. The molecule has 0 spiro atoms. The van der Waals surface area contributed by atoms with Gasteiger partial charge < -0.3 is 18.9 Å². The van der Waals surface area contributed by atoms with E-state index < -0.39 is 46.4 Å². The van der Waals surface area contributed by atoms with E-state index in [2.05, 4.69) is 18.9 Å². The number of ether oxygens (including phenoxy) is 4. The summed E-state index contributed by atoms with van der Waals surface area (Å²) in [4.78, 5) is 60.6. The quantitative estimate of drug-likeness (QED) is 0.325. The van der Waals surface area contributed by atoms with Crippen LogP contribution in [0.5, 0.6) is 0 Å². The van der Waals surface area contributed by atoms with E-state index in [1.54, 1.807) is 0 Å². The molecule has 0 heterocycles. The predicted octanol–water partition coefficient (Wildman–Crippen LogP) is 0.676. The van der Waals surface area contributed by atoms with Crippen LogP contribution in [0.1, 0.15) is 33.6 Å². The van der Waals surface area contributed by atoms with E-state index in [9.17, 15) is 24.0 Å². The molecule has 0 bridgehead atoms. The zero-order chi connectivity index (χ0) is 20.7. The first-order valence-electron chi connectivity index (χ1n) is 7.78. The third-order valence-corrected chi connectivity index (χ3v) is 4.43. The Hall–Kier alpha value is -2.45. The number of methoxy groups -OCH3 is 4. The SMILES string of the molecule is COC(=O)C(C)(CC(CC(C)(C(=O)OC)C(=O)OC)C(C)=O)C(=O)OC. The fraction of sp³-hybridized carbons (Fsp3) is 0.706. The van der Waals surface area contributed by atoms with E-state index in [1.165, 1.54) is 20.8 Å². The first kappa shape index (κ1) is 23.5. The molecular formula is C17H26O9. The maximum atomic E-state index is 12.1. The summed E-state index contributed by atoms with van der Waals surface area (Å²) < 4.78 is 18.6. The molecule has 0 aliphatic rings. The lowest BCUT2D eigenvalue weighted by molar-refractivity contribution is -0.170. The fourth-order valence-electron chi connectivity index (χ4n) is 2.75.